The molecule has 2 rings (SSSR count). The van der Waals surface area contributed by atoms with Crippen LogP contribution >= 0.6 is 0 Å². The van der Waals surface area contributed by atoms with E-state index in [1.807, 2.05) is 20.8 Å². The summed E-state index contributed by atoms with van der Waals surface area (Å²) in [6.07, 6.45) is 1.44. The quantitative estimate of drug-likeness (QED) is 0.923. The molecule has 2 aromatic rings. The van der Waals surface area contributed by atoms with Crippen LogP contribution in [-0.2, 0) is 6.54 Å². The Balaban J connectivity index is 2.19. The van der Waals surface area contributed by atoms with Crippen molar-refractivity contribution in [2.45, 2.75) is 32.9 Å². The van der Waals surface area contributed by atoms with Gasteiger partial charge in [-0.25, -0.2) is 13.8 Å². The van der Waals surface area contributed by atoms with Gasteiger partial charge in [-0.15, -0.1) is 0 Å². The zero-order valence-electron chi connectivity index (χ0n) is 11.1. The van der Waals surface area contributed by atoms with Crippen molar-refractivity contribution in [3.8, 4) is 11.5 Å². The standard InChI is InChI=1S/C14H16F2N2O/c1-14(2,3)17-7-10-8-19-13(18-10)11-6-9(15)4-5-12(11)16/h4-6,8,17H,7H2,1-3H3. The predicted octanol–water partition coefficient (Wildman–Crippen LogP) is 3.51. The molecule has 0 bridgehead atoms. The van der Waals surface area contributed by atoms with Crippen molar-refractivity contribution in [2.24, 2.45) is 0 Å². The summed E-state index contributed by atoms with van der Waals surface area (Å²) in [5.41, 5.74) is 0.624. The molecule has 3 nitrogen and oxygen atoms in total. The number of halogens is 2. The van der Waals surface area contributed by atoms with Crippen LogP contribution in [0.5, 0.6) is 0 Å². The first-order valence-electron chi connectivity index (χ1n) is 6.00. The molecule has 0 amide bonds. The van der Waals surface area contributed by atoms with Crippen LogP contribution in [0.25, 0.3) is 11.5 Å². The fraction of sp³-hybridized carbons (Fsp3) is 0.357. The normalized spacial score (nSPS) is 11.8. The number of rotatable bonds is 3. The molecule has 0 unspecified atom stereocenters. The van der Waals surface area contributed by atoms with Gasteiger partial charge in [-0.1, -0.05) is 0 Å². The van der Waals surface area contributed by atoms with Crippen molar-refractivity contribution in [1.29, 1.82) is 0 Å². The summed E-state index contributed by atoms with van der Waals surface area (Å²) in [5.74, 6) is -0.995. The number of oxazole rings is 1. The largest absolute Gasteiger partial charge is 0.444 e. The number of nitrogens with zero attached hydrogens (tertiary/aromatic N) is 1. The van der Waals surface area contributed by atoms with E-state index >= 15 is 0 Å². The maximum absolute atomic E-state index is 13.6. The topological polar surface area (TPSA) is 38.1 Å². The van der Waals surface area contributed by atoms with Crippen LogP contribution in [0.15, 0.2) is 28.9 Å². The van der Waals surface area contributed by atoms with Gasteiger partial charge in [0, 0.05) is 12.1 Å². The molecule has 102 valence electrons. The highest BCUT2D eigenvalue weighted by molar-refractivity contribution is 5.54. The lowest BCUT2D eigenvalue weighted by atomic mass is 10.1. The van der Waals surface area contributed by atoms with Crippen LogP contribution in [0.3, 0.4) is 0 Å². The van der Waals surface area contributed by atoms with Crippen molar-refractivity contribution >= 4 is 0 Å². The zero-order chi connectivity index (χ0) is 14.0. The highest BCUT2D eigenvalue weighted by Gasteiger charge is 2.14. The van der Waals surface area contributed by atoms with E-state index < -0.39 is 11.6 Å². The molecule has 19 heavy (non-hydrogen) atoms. The van der Waals surface area contributed by atoms with Gasteiger partial charge in [0.05, 0.1) is 11.3 Å². The van der Waals surface area contributed by atoms with Gasteiger partial charge in [-0.2, -0.15) is 0 Å². The molecule has 0 aliphatic rings. The highest BCUT2D eigenvalue weighted by Crippen LogP contribution is 2.23. The van der Waals surface area contributed by atoms with Crippen LogP contribution in [0.1, 0.15) is 26.5 Å². The Hall–Kier alpha value is -1.75. The summed E-state index contributed by atoms with van der Waals surface area (Å²) in [6, 6.07) is 3.19. The van der Waals surface area contributed by atoms with Crippen molar-refractivity contribution in [1.82, 2.24) is 10.3 Å². The van der Waals surface area contributed by atoms with Crippen molar-refractivity contribution in [3.05, 3.63) is 41.8 Å². The lowest BCUT2D eigenvalue weighted by molar-refractivity contribution is 0.421. The summed E-state index contributed by atoms with van der Waals surface area (Å²) in [5, 5.41) is 3.24. The molecule has 1 aromatic heterocycles. The number of benzene rings is 1. The van der Waals surface area contributed by atoms with Gasteiger partial charge in [-0.3, -0.25) is 0 Å². The summed E-state index contributed by atoms with van der Waals surface area (Å²) in [6.45, 7) is 6.59. The van der Waals surface area contributed by atoms with Gasteiger partial charge in [-0.05, 0) is 39.0 Å². The second-order valence-electron chi connectivity index (χ2n) is 5.37. The molecule has 0 radical (unpaired) electrons. The van der Waals surface area contributed by atoms with E-state index in [0.717, 1.165) is 18.2 Å². The Morgan fingerprint density at radius 1 is 1.26 bits per heavy atom. The fourth-order valence-electron chi connectivity index (χ4n) is 1.53. The van der Waals surface area contributed by atoms with Gasteiger partial charge < -0.3 is 9.73 Å². The minimum absolute atomic E-state index is 0.0296. The fourth-order valence-corrected chi connectivity index (χ4v) is 1.53. The van der Waals surface area contributed by atoms with E-state index in [2.05, 4.69) is 10.3 Å². The van der Waals surface area contributed by atoms with Gasteiger partial charge in [0.25, 0.3) is 0 Å². The lowest BCUT2D eigenvalue weighted by Gasteiger charge is -2.19. The number of aromatic nitrogens is 1. The first-order valence-corrected chi connectivity index (χ1v) is 6.00. The minimum Gasteiger partial charge on any atom is -0.444 e. The van der Waals surface area contributed by atoms with Gasteiger partial charge in [0.1, 0.15) is 17.9 Å². The number of hydrogen-bond donors (Lipinski definition) is 1. The summed E-state index contributed by atoms with van der Waals surface area (Å²) in [7, 11) is 0. The molecule has 5 heteroatoms. The molecule has 0 saturated carbocycles. The van der Waals surface area contributed by atoms with Crippen LogP contribution in [0, 0.1) is 11.6 Å². The van der Waals surface area contributed by atoms with Gasteiger partial charge >= 0.3 is 0 Å². The van der Waals surface area contributed by atoms with Crippen molar-refractivity contribution < 1.29 is 13.2 Å². The number of hydrogen-bond acceptors (Lipinski definition) is 3. The van der Waals surface area contributed by atoms with Crippen LogP contribution < -0.4 is 5.32 Å². The molecule has 1 aromatic carbocycles. The summed E-state index contributed by atoms with van der Waals surface area (Å²) < 4.78 is 31.8. The summed E-state index contributed by atoms with van der Waals surface area (Å²) in [4.78, 5) is 4.15. The zero-order valence-corrected chi connectivity index (χ0v) is 11.1. The molecule has 1 N–H and O–H groups in total. The third-order valence-corrected chi connectivity index (χ3v) is 2.51. The second kappa shape index (κ2) is 5.09. The molecular formula is C14H16F2N2O. The average Bonchev–Trinajstić information content (AvgIpc) is 2.77. The Labute approximate surface area is 110 Å². The van der Waals surface area contributed by atoms with E-state index in [1.54, 1.807) is 0 Å². The van der Waals surface area contributed by atoms with Crippen molar-refractivity contribution in [3.63, 3.8) is 0 Å². The molecule has 0 spiro atoms. The number of nitrogens with one attached hydrogen (secondary N) is 1. The van der Waals surface area contributed by atoms with E-state index in [-0.39, 0.29) is 17.0 Å². The second-order valence-corrected chi connectivity index (χ2v) is 5.37. The maximum Gasteiger partial charge on any atom is 0.229 e. The molecule has 0 atom stereocenters. The third kappa shape index (κ3) is 3.61. The summed E-state index contributed by atoms with van der Waals surface area (Å²) >= 11 is 0. The van der Waals surface area contributed by atoms with Crippen LogP contribution in [0.2, 0.25) is 0 Å². The van der Waals surface area contributed by atoms with E-state index in [9.17, 15) is 8.78 Å². The van der Waals surface area contributed by atoms with Gasteiger partial charge in [0.15, 0.2) is 0 Å². The maximum atomic E-state index is 13.6. The Morgan fingerprint density at radius 3 is 2.68 bits per heavy atom. The molecule has 1 heterocycles. The Kier molecular flexibility index (Phi) is 3.66. The molecule has 0 aliphatic heterocycles. The van der Waals surface area contributed by atoms with Crippen LogP contribution in [0.4, 0.5) is 8.78 Å². The van der Waals surface area contributed by atoms with E-state index in [0.29, 0.717) is 12.2 Å². The smallest absolute Gasteiger partial charge is 0.229 e. The average molecular weight is 266 g/mol. The molecule has 0 saturated heterocycles. The Bertz CT molecular complexity index is 573. The Morgan fingerprint density at radius 2 is 2.00 bits per heavy atom. The van der Waals surface area contributed by atoms with Crippen LogP contribution in [-0.4, -0.2) is 10.5 Å². The molecule has 0 fully saturated rings. The third-order valence-electron chi connectivity index (χ3n) is 2.51. The SMILES string of the molecule is CC(C)(C)NCc1coc(-c2cc(F)ccc2F)n1. The first-order chi connectivity index (χ1) is 8.85. The molecular weight excluding hydrogens is 250 g/mol. The minimum atomic E-state index is -0.557. The van der Waals surface area contributed by atoms with E-state index in [4.69, 9.17) is 4.42 Å². The van der Waals surface area contributed by atoms with Gasteiger partial charge in [0.2, 0.25) is 5.89 Å². The van der Waals surface area contributed by atoms with E-state index in [1.165, 1.54) is 6.26 Å². The highest BCUT2D eigenvalue weighted by atomic mass is 19.1. The predicted molar refractivity (Wildman–Crippen MR) is 68.4 cm³/mol. The first kappa shape index (κ1) is 13.7. The van der Waals surface area contributed by atoms with Crippen molar-refractivity contribution in [2.75, 3.05) is 0 Å². The lowest BCUT2D eigenvalue weighted by Crippen LogP contribution is -2.35. The monoisotopic (exact) mass is 266 g/mol. The molecule has 0 aliphatic carbocycles.